The maximum Gasteiger partial charge on any atom is 0.223 e. The first-order valence-electron chi connectivity index (χ1n) is 5.74. The van der Waals surface area contributed by atoms with Crippen molar-refractivity contribution in [3.8, 4) is 0 Å². The van der Waals surface area contributed by atoms with Gasteiger partial charge in [0.05, 0.1) is 0 Å². The number of carbonyl (C=O) groups is 1. The lowest BCUT2D eigenvalue weighted by molar-refractivity contribution is -0.139. The third kappa shape index (κ3) is 3.49. The molecule has 15 heavy (non-hydrogen) atoms. The molecule has 1 N–H and O–H groups in total. The van der Waals surface area contributed by atoms with Crippen LogP contribution < -0.4 is 5.32 Å². The lowest BCUT2D eigenvalue weighted by Crippen LogP contribution is -2.60. The molecule has 0 spiro atoms. The average Bonchev–Trinajstić information content (AvgIpc) is 1.99. The third-order valence-corrected chi connectivity index (χ3v) is 2.78. The lowest BCUT2D eigenvalue weighted by atomic mass is 9.90. The molecule has 0 saturated carbocycles. The summed E-state index contributed by atoms with van der Waals surface area (Å²) in [6.07, 6.45) is 0.635. The molecule has 1 heterocycles. The zero-order chi connectivity index (χ0) is 11.7. The summed E-state index contributed by atoms with van der Waals surface area (Å²) in [6, 6.07) is 0. The quantitative estimate of drug-likeness (QED) is 0.716. The second-order valence-corrected chi connectivity index (χ2v) is 6.27. The molecule has 3 nitrogen and oxygen atoms in total. The molecule has 1 amide bonds. The van der Waals surface area contributed by atoms with Gasteiger partial charge in [0.2, 0.25) is 5.91 Å². The Hall–Kier alpha value is -0.570. The molecule has 0 radical (unpaired) electrons. The van der Waals surface area contributed by atoms with E-state index in [-0.39, 0.29) is 16.9 Å². The van der Waals surface area contributed by atoms with Crippen molar-refractivity contribution in [3.05, 3.63) is 0 Å². The van der Waals surface area contributed by atoms with E-state index in [9.17, 15) is 4.79 Å². The van der Waals surface area contributed by atoms with Gasteiger partial charge >= 0.3 is 0 Å². The van der Waals surface area contributed by atoms with Crippen LogP contribution in [0.4, 0.5) is 0 Å². The Morgan fingerprint density at radius 3 is 2.47 bits per heavy atom. The van der Waals surface area contributed by atoms with E-state index in [1.165, 1.54) is 0 Å². The zero-order valence-corrected chi connectivity index (χ0v) is 10.7. The fourth-order valence-corrected chi connectivity index (χ4v) is 1.99. The van der Waals surface area contributed by atoms with E-state index < -0.39 is 0 Å². The van der Waals surface area contributed by atoms with Gasteiger partial charge in [0.15, 0.2) is 0 Å². The third-order valence-electron chi connectivity index (χ3n) is 2.78. The van der Waals surface area contributed by atoms with Gasteiger partial charge in [-0.05, 0) is 19.3 Å². The van der Waals surface area contributed by atoms with Crippen LogP contribution in [-0.4, -0.2) is 36.0 Å². The second-order valence-electron chi connectivity index (χ2n) is 6.27. The summed E-state index contributed by atoms with van der Waals surface area (Å²) < 4.78 is 0. The number of hydrogen-bond donors (Lipinski definition) is 1. The minimum Gasteiger partial charge on any atom is -0.335 e. The Balaban J connectivity index is 2.65. The molecule has 1 aliphatic rings. The number of nitrogens with one attached hydrogen (secondary N) is 1. The topological polar surface area (TPSA) is 32.3 Å². The average molecular weight is 212 g/mol. The van der Waals surface area contributed by atoms with E-state index in [1.807, 2.05) is 4.90 Å². The summed E-state index contributed by atoms with van der Waals surface area (Å²) in [4.78, 5) is 14.2. The molecule has 0 aromatic heterocycles. The van der Waals surface area contributed by atoms with Gasteiger partial charge in [0, 0.05) is 31.6 Å². The molecule has 0 unspecified atom stereocenters. The number of rotatable bonds is 1. The van der Waals surface area contributed by atoms with Gasteiger partial charge in [-0.3, -0.25) is 4.79 Å². The van der Waals surface area contributed by atoms with Crippen molar-refractivity contribution in [2.75, 3.05) is 19.6 Å². The predicted molar refractivity (Wildman–Crippen MR) is 62.7 cm³/mol. The van der Waals surface area contributed by atoms with Crippen LogP contribution in [0, 0.1) is 5.41 Å². The Labute approximate surface area is 93.2 Å². The highest BCUT2D eigenvalue weighted by molar-refractivity contribution is 5.77. The summed E-state index contributed by atoms with van der Waals surface area (Å²) in [5.41, 5.74) is 0.0403. The minimum absolute atomic E-state index is 0.0411. The van der Waals surface area contributed by atoms with Gasteiger partial charge in [-0.2, -0.15) is 0 Å². The van der Waals surface area contributed by atoms with Crippen LogP contribution in [0.2, 0.25) is 0 Å². The number of piperazine rings is 1. The predicted octanol–water partition coefficient (Wildman–Crippen LogP) is 1.63. The normalized spacial score (nSPS) is 21.5. The van der Waals surface area contributed by atoms with Crippen LogP contribution in [0.1, 0.15) is 41.0 Å². The molecule has 3 heteroatoms. The van der Waals surface area contributed by atoms with Gasteiger partial charge < -0.3 is 10.2 Å². The Kier molecular flexibility index (Phi) is 3.44. The molecule has 0 atom stereocenters. The fraction of sp³-hybridized carbons (Fsp3) is 0.917. The van der Waals surface area contributed by atoms with Crippen molar-refractivity contribution in [2.45, 2.75) is 46.6 Å². The molecular formula is C12H24N2O. The van der Waals surface area contributed by atoms with E-state index in [1.54, 1.807) is 0 Å². The van der Waals surface area contributed by atoms with E-state index >= 15 is 0 Å². The van der Waals surface area contributed by atoms with Crippen molar-refractivity contribution in [1.29, 1.82) is 0 Å². The Morgan fingerprint density at radius 1 is 1.40 bits per heavy atom. The van der Waals surface area contributed by atoms with E-state index in [0.29, 0.717) is 6.42 Å². The zero-order valence-electron chi connectivity index (χ0n) is 10.7. The van der Waals surface area contributed by atoms with Crippen LogP contribution in [0.3, 0.4) is 0 Å². The van der Waals surface area contributed by atoms with Gasteiger partial charge in [0.1, 0.15) is 0 Å². The summed E-state index contributed by atoms with van der Waals surface area (Å²) >= 11 is 0. The largest absolute Gasteiger partial charge is 0.335 e. The van der Waals surface area contributed by atoms with Crippen LogP contribution >= 0.6 is 0 Å². The van der Waals surface area contributed by atoms with Crippen molar-refractivity contribution in [1.82, 2.24) is 10.2 Å². The van der Waals surface area contributed by atoms with Gasteiger partial charge in [-0.15, -0.1) is 0 Å². The van der Waals surface area contributed by atoms with Gasteiger partial charge in [0.25, 0.3) is 0 Å². The summed E-state index contributed by atoms with van der Waals surface area (Å²) in [6.45, 7) is 13.2. The Morgan fingerprint density at radius 2 is 2.00 bits per heavy atom. The summed E-state index contributed by atoms with van der Waals surface area (Å²) in [5.74, 6) is 0.286. The molecule has 0 aromatic rings. The molecule has 0 bridgehead atoms. The highest BCUT2D eigenvalue weighted by atomic mass is 16.2. The maximum atomic E-state index is 12.1. The van der Waals surface area contributed by atoms with Gasteiger partial charge in [-0.1, -0.05) is 20.8 Å². The summed E-state index contributed by atoms with van der Waals surface area (Å²) in [5, 5.41) is 3.33. The number of amides is 1. The minimum atomic E-state index is -0.0411. The second kappa shape index (κ2) is 4.12. The summed E-state index contributed by atoms with van der Waals surface area (Å²) in [7, 11) is 0. The van der Waals surface area contributed by atoms with Crippen molar-refractivity contribution >= 4 is 5.91 Å². The van der Waals surface area contributed by atoms with Crippen molar-refractivity contribution < 1.29 is 4.79 Å². The number of nitrogens with zero attached hydrogens (tertiary/aromatic N) is 1. The fourth-order valence-electron chi connectivity index (χ4n) is 1.99. The van der Waals surface area contributed by atoms with E-state index in [4.69, 9.17) is 0 Å². The monoisotopic (exact) mass is 212 g/mol. The molecule has 1 fully saturated rings. The molecule has 1 saturated heterocycles. The molecular weight excluding hydrogens is 188 g/mol. The number of carbonyl (C=O) groups excluding carboxylic acids is 1. The molecule has 1 aliphatic heterocycles. The highest BCUT2D eigenvalue weighted by Crippen LogP contribution is 2.24. The van der Waals surface area contributed by atoms with Gasteiger partial charge in [-0.25, -0.2) is 0 Å². The number of hydrogen-bond acceptors (Lipinski definition) is 2. The molecule has 0 aliphatic carbocycles. The molecule has 88 valence electrons. The first-order chi connectivity index (χ1) is 6.72. The highest BCUT2D eigenvalue weighted by Gasteiger charge is 2.34. The molecule has 1 rings (SSSR count). The molecule has 0 aromatic carbocycles. The first kappa shape index (κ1) is 12.5. The van der Waals surface area contributed by atoms with Crippen LogP contribution in [0.15, 0.2) is 0 Å². The van der Waals surface area contributed by atoms with Crippen LogP contribution in [0.25, 0.3) is 0 Å². The Bertz CT molecular complexity index is 240. The smallest absolute Gasteiger partial charge is 0.223 e. The first-order valence-corrected chi connectivity index (χ1v) is 5.74. The standard InChI is InChI=1S/C12H24N2O/c1-11(2,3)8-10(15)14-7-6-13-9-12(14,4)5/h13H,6-9H2,1-5H3. The van der Waals surface area contributed by atoms with Crippen molar-refractivity contribution in [3.63, 3.8) is 0 Å². The van der Waals surface area contributed by atoms with E-state index in [0.717, 1.165) is 19.6 Å². The SMILES string of the molecule is CC(C)(C)CC(=O)N1CCNCC1(C)C. The van der Waals surface area contributed by atoms with Crippen LogP contribution in [-0.2, 0) is 4.79 Å². The lowest BCUT2D eigenvalue weighted by Gasteiger charge is -2.43. The van der Waals surface area contributed by atoms with E-state index in [2.05, 4.69) is 39.9 Å². The van der Waals surface area contributed by atoms with Crippen molar-refractivity contribution in [2.24, 2.45) is 5.41 Å². The van der Waals surface area contributed by atoms with Crippen LogP contribution in [0.5, 0.6) is 0 Å². The maximum absolute atomic E-state index is 12.1.